The number of hydrogen-bond acceptors (Lipinski definition) is 3. The van der Waals surface area contributed by atoms with Crippen molar-refractivity contribution in [1.29, 1.82) is 0 Å². The van der Waals surface area contributed by atoms with Gasteiger partial charge in [-0.1, -0.05) is 30.3 Å². The highest BCUT2D eigenvalue weighted by Crippen LogP contribution is 2.31. The molecule has 20 heavy (non-hydrogen) atoms. The van der Waals surface area contributed by atoms with Crippen molar-refractivity contribution in [2.75, 3.05) is 19.8 Å². The number of hydrogen-bond donors (Lipinski definition) is 1. The molecule has 0 aromatic heterocycles. The average Bonchev–Trinajstić information content (AvgIpc) is 3.31. The molecule has 1 aliphatic carbocycles. The smallest absolute Gasteiger partial charge is 0.0620 e. The first kappa shape index (κ1) is 14.1. The van der Waals surface area contributed by atoms with Gasteiger partial charge in [0.2, 0.25) is 0 Å². The first-order chi connectivity index (χ1) is 9.83. The minimum Gasteiger partial charge on any atom is -0.379 e. The molecule has 1 heterocycles. The Balaban J connectivity index is 1.58. The fourth-order valence-electron chi connectivity index (χ4n) is 3.16. The standard InChI is InChI=1S/C17H26N2O/c1-14(11-16-13-20-10-9-18-16)19(17-7-8-17)12-15-5-3-2-4-6-15/h2-6,14,16-18H,7-13H2,1H3. The average molecular weight is 274 g/mol. The maximum atomic E-state index is 5.58. The molecule has 0 bridgehead atoms. The lowest BCUT2D eigenvalue weighted by Gasteiger charge is -2.33. The van der Waals surface area contributed by atoms with Crippen molar-refractivity contribution >= 4 is 0 Å². The van der Waals surface area contributed by atoms with Gasteiger partial charge in [-0.25, -0.2) is 0 Å². The third-order valence-corrected chi connectivity index (χ3v) is 4.41. The molecule has 1 aliphatic heterocycles. The number of morpholine rings is 1. The molecule has 2 fully saturated rings. The molecule has 1 aromatic carbocycles. The van der Waals surface area contributed by atoms with Crippen molar-refractivity contribution in [2.24, 2.45) is 0 Å². The molecule has 2 aliphatic rings. The van der Waals surface area contributed by atoms with Gasteiger partial charge in [-0.05, 0) is 31.7 Å². The zero-order valence-corrected chi connectivity index (χ0v) is 12.4. The number of nitrogens with one attached hydrogen (secondary N) is 1. The molecule has 0 amide bonds. The third kappa shape index (κ3) is 3.81. The lowest BCUT2D eigenvalue weighted by molar-refractivity contribution is 0.0597. The first-order valence-corrected chi connectivity index (χ1v) is 7.94. The zero-order chi connectivity index (χ0) is 13.8. The Morgan fingerprint density at radius 2 is 2.10 bits per heavy atom. The Morgan fingerprint density at radius 1 is 1.30 bits per heavy atom. The second-order valence-corrected chi connectivity index (χ2v) is 6.20. The van der Waals surface area contributed by atoms with Gasteiger partial charge in [0.15, 0.2) is 0 Å². The van der Waals surface area contributed by atoms with E-state index in [1.807, 2.05) is 0 Å². The van der Waals surface area contributed by atoms with Crippen LogP contribution in [0.3, 0.4) is 0 Å². The van der Waals surface area contributed by atoms with Crippen LogP contribution in [-0.4, -0.2) is 42.8 Å². The summed E-state index contributed by atoms with van der Waals surface area (Å²) in [5, 5.41) is 3.58. The van der Waals surface area contributed by atoms with Crippen LogP contribution in [0.25, 0.3) is 0 Å². The van der Waals surface area contributed by atoms with Crippen molar-refractivity contribution in [2.45, 2.75) is 50.9 Å². The van der Waals surface area contributed by atoms with Crippen LogP contribution in [0, 0.1) is 0 Å². The summed E-state index contributed by atoms with van der Waals surface area (Å²) < 4.78 is 5.58. The second-order valence-electron chi connectivity index (χ2n) is 6.20. The second kappa shape index (κ2) is 6.70. The van der Waals surface area contributed by atoms with Crippen molar-refractivity contribution in [3.63, 3.8) is 0 Å². The molecule has 3 rings (SSSR count). The molecular weight excluding hydrogens is 248 g/mol. The molecule has 3 heteroatoms. The summed E-state index contributed by atoms with van der Waals surface area (Å²) in [7, 11) is 0. The van der Waals surface area contributed by atoms with E-state index in [2.05, 4.69) is 47.5 Å². The number of rotatable bonds is 6. The minimum absolute atomic E-state index is 0.524. The summed E-state index contributed by atoms with van der Waals surface area (Å²) in [5.41, 5.74) is 1.43. The van der Waals surface area contributed by atoms with Gasteiger partial charge in [0.25, 0.3) is 0 Å². The molecule has 3 nitrogen and oxygen atoms in total. The van der Waals surface area contributed by atoms with Crippen molar-refractivity contribution in [1.82, 2.24) is 10.2 Å². The van der Waals surface area contributed by atoms with Crippen LogP contribution < -0.4 is 5.32 Å². The van der Waals surface area contributed by atoms with Gasteiger partial charge in [0.1, 0.15) is 0 Å². The highest BCUT2D eigenvalue weighted by Gasteiger charge is 2.33. The number of ether oxygens (including phenoxy) is 1. The van der Waals surface area contributed by atoms with E-state index in [9.17, 15) is 0 Å². The van der Waals surface area contributed by atoms with E-state index in [4.69, 9.17) is 4.74 Å². The van der Waals surface area contributed by atoms with E-state index >= 15 is 0 Å². The quantitative estimate of drug-likeness (QED) is 0.862. The van der Waals surface area contributed by atoms with Gasteiger partial charge in [0.05, 0.1) is 13.2 Å². The fraction of sp³-hybridized carbons (Fsp3) is 0.647. The SMILES string of the molecule is CC(CC1COCCN1)N(Cc1ccccc1)C1CC1. The molecule has 1 aromatic rings. The summed E-state index contributed by atoms with van der Waals surface area (Å²) in [4.78, 5) is 2.69. The summed E-state index contributed by atoms with van der Waals surface area (Å²) in [6, 6.07) is 12.8. The van der Waals surface area contributed by atoms with Crippen LogP contribution in [0.5, 0.6) is 0 Å². The third-order valence-electron chi connectivity index (χ3n) is 4.41. The van der Waals surface area contributed by atoms with Gasteiger partial charge in [-0.3, -0.25) is 4.90 Å². The van der Waals surface area contributed by atoms with Gasteiger partial charge in [-0.15, -0.1) is 0 Å². The highest BCUT2D eigenvalue weighted by molar-refractivity contribution is 5.15. The molecule has 1 N–H and O–H groups in total. The van der Waals surface area contributed by atoms with Gasteiger partial charge in [0, 0.05) is 31.2 Å². The lowest BCUT2D eigenvalue weighted by atomic mass is 10.1. The Morgan fingerprint density at radius 3 is 2.75 bits per heavy atom. The Labute approximate surface area is 122 Å². The number of nitrogens with zero attached hydrogens (tertiary/aromatic N) is 1. The van der Waals surface area contributed by atoms with Crippen molar-refractivity contribution < 1.29 is 4.74 Å². The molecule has 0 spiro atoms. The Hall–Kier alpha value is -0.900. The molecule has 2 unspecified atom stereocenters. The molecular formula is C17H26N2O. The van der Waals surface area contributed by atoms with E-state index < -0.39 is 0 Å². The van der Waals surface area contributed by atoms with E-state index in [-0.39, 0.29) is 0 Å². The van der Waals surface area contributed by atoms with Crippen LogP contribution in [-0.2, 0) is 11.3 Å². The van der Waals surface area contributed by atoms with E-state index in [0.29, 0.717) is 12.1 Å². The maximum absolute atomic E-state index is 5.58. The predicted molar refractivity (Wildman–Crippen MR) is 81.7 cm³/mol. The van der Waals surface area contributed by atoms with Gasteiger partial charge < -0.3 is 10.1 Å². The van der Waals surface area contributed by atoms with Crippen LogP contribution in [0.4, 0.5) is 0 Å². The molecule has 2 atom stereocenters. The lowest BCUT2D eigenvalue weighted by Crippen LogP contribution is -2.46. The molecule has 1 saturated carbocycles. The van der Waals surface area contributed by atoms with Gasteiger partial charge >= 0.3 is 0 Å². The normalized spacial score (nSPS) is 24.8. The van der Waals surface area contributed by atoms with E-state index in [0.717, 1.165) is 32.3 Å². The van der Waals surface area contributed by atoms with Gasteiger partial charge in [-0.2, -0.15) is 0 Å². The zero-order valence-electron chi connectivity index (χ0n) is 12.4. The largest absolute Gasteiger partial charge is 0.379 e. The minimum atomic E-state index is 0.524. The fourth-order valence-corrected chi connectivity index (χ4v) is 3.16. The summed E-state index contributed by atoms with van der Waals surface area (Å²) >= 11 is 0. The van der Waals surface area contributed by atoms with Crippen LogP contribution in [0.15, 0.2) is 30.3 Å². The maximum Gasteiger partial charge on any atom is 0.0620 e. The van der Waals surface area contributed by atoms with Crippen LogP contribution in [0.2, 0.25) is 0 Å². The topological polar surface area (TPSA) is 24.5 Å². The highest BCUT2D eigenvalue weighted by atomic mass is 16.5. The van der Waals surface area contributed by atoms with Crippen LogP contribution >= 0.6 is 0 Å². The molecule has 110 valence electrons. The van der Waals surface area contributed by atoms with Crippen molar-refractivity contribution in [3.05, 3.63) is 35.9 Å². The van der Waals surface area contributed by atoms with E-state index in [1.165, 1.54) is 24.8 Å². The Bertz CT molecular complexity index is 399. The Kier molecular flexibility index (Phi) is 4.71. The summed E-state index contributed by atoms with van der Waals surface area (Å²) in [6.45, 7) is 6.19. The molecule has 0 radical (unpaired) electrons. The monoisotopic (exact) mass is 274 g/mol. The first-order valence-electron chi connectivity index (χ1n) is 7.94. The van der Waals surface area contributed by atoms with E-state index in [1.54, 1.807) is 0 Å². The summed E-state index contributed by atoms with van der Waals surface area (Å²) in [6.07, 6.45) is 3.92. The molecule has 1 saturated heterocycles. The predicted octanol–water partition coefficient (Wildman–Crippen LogP) is 2.42. The number of benzene rings is 1. The summed E-state index contributed by atoms with van der Waals surface area (Å²) in [5.74, 6) is 0. The van der Waals surface area contributed by atoms with Crippen molar-refractivity contribution in [3.8, 4) is 0 Å². The van der Waals surface area contributed by atoms with Crippen LogP contribution in [0.1, 0.15) is 31.7 Å².